The van der Waals surface area contributed by atoms with E-state index < -0.39 is 10.0 Å². The molecule has 0 aliphatic heterocycles. The van der Waals surface area contributed by atoms with Gasteiger partial charge in [0.15, 0.2) is 0 Å². The predicted octanol–water partition coefficient (Wildman–Crippen LogP) is 2.21. The molecule has 106 valence electrons. The van der Waals surface area contributed by atoms with Crippen molar-refractivity contribution >= 4 is 15.7 Å². The van der Waals surface area contributed by atoms with Crippen LogP contribution in [0.3, 0.4) is 0 Å². The molecule has 0 heterocycles. The second-order valence-corrected chi connectivity index (χ2v) is 7.89. The van der Waals surface area contributed by atoms with E-state index in [1.54, 1.807) is 13.0 Å². The van der Waals surface area contributed by atoms with Crippen LogP contribution in [0.5, 0.6) is 0 Å². The summed E-state index contributed by atoms with van der Waals surface area (Å²) in [5.74, 6) is 0.425. The maximum Gasteiger partial charge on any atom is 0.242 e. The first-order chi connectivity index (χ1) is 8.65. The molecule has 0 bridgehead atoms. The summed E-state index contributed by atoms with van der Waals surface area (Å²) in [7, 11) is -3.52. The second kappa shape index (κ2) is 4.49. The van der Waals surface area contributed by atoms with Crippen molar-refractivity contribution in [1.29, 1.82) is 0 Å². The van der Waals surface area contributed by atoms with Crippen molar-refractivity contribution < 1.29 is 8.42 Å². The van der Waals surface area contributed by atoms with Crippen LogP contribution in [0.2, 0.25) is 0 Å². The van der Waals surface area contributed by atoms with Crippen LogP contribution in [-0.4, -0.2) is 15.0 Å². The molecule has 1 saturated carbocycles. The molecule has 0 amide bonds. The molecule has 1 aliphatic rings. The van der Waals surface area contributed by atoms with E-state index in [1.807, 2.05) is 13.0 Å². The number of benzene rings is 1. The van der Waals surface area contributed by atoms with Crippen molar-refractivity contribution in [2.24, 2.45) is 11.3 Å². The molecule has 0 spiro atoms. The van der Waals surface area contributed by atoms with Crippen molar-refractivity contribution in [1.82, 2.24) is 4.72 Å². The Morgan fingerprint density at radius 3 is 2.37 bits per heavy atom. The van der Waals surface area contributed by atoms with E-state index in [0.29, 0.717) is 23.7 Å². The maximum absolute atomic E-state index is 12.4. The number of nitrogen functional groups attached to an aromatic ring is 1. The van der Waals surface area contributed by atoms with Gasteiger partial charge in [-0.2, -0.15) is 0 Å². The topological polar surface area (TPSA) is 72.2 Å². The molecule has 0 saturated heterocycles. The lowest BCUT2D eigenvalue weighted by Crippen LogP contribution is -2.28. The average molecular weight is 282 g/mol. The van der Waals surface area contributed by atoms with Crippen LogP contribution in [-0.2, 0) is 10.0 Å². The fourth-order valence-corrected chi connectivity index (χ4v) is 3.88. The fourth-order valence-electron chi connectivity index (χ4n) is 2.37. The number of sulfonamides is 1. The molecular weight excluding hydrogens is 260 g/mol. The monoisotopic (exact) mass is 282 g/mol. The number of aryl methyl sites for hydroxylation is 2. The molecule has 1 aliphatic carbocycles. The molecule has 19 heavy (non-hydrogen) atoms. The van der Waals surface area contributed by atoms with Gasteiger partial charge in [-0.3, -0.25) is 0 Å². The Hall–Kier alpha value is -1.07. The molecule has 1 aromatic carbocycles. The number of nitrogens with two attached hydrogens (primary N) is 1. The van der Waals surface area contributed by atoms with Crippen LogP contribution in [0.4, 0.5) is 5.69 Å². The number of hydrogen-bond acceptors (Lipinski definition) is 3. The minimum atomic E-state index is -3.52. The first-order valence-electron chi connectivity index (χ1n) is 6.50. The summed E-state index contributed by atoms with van der Waals surface area (Å²) in [6.45, 7) is 8.38. The molecule has 1 fully saturated rings. The molecule has 1 aromatic rings. The summed E-state index contributed by atoms with van der Waals surface area (Å²) < 4.78 is 27.5. The largest absolute Gasteiger partial charge is 0.397 e. The lowest BCUT2D eigenvalue weighted by Gasteiger charge is -2.14. The van der Waals surface area contributed by atoms with Crippen LogP contribution in [0.25, 0.3) is 0 Å². The third-order valence-corrected chi connectivity index (χ3v) is 5.74. The summed E-state index contributed by atoms with van der Waals surface area (Å²) in [4.78, 5) is 0.228. The Balaban J connectivity index is 2.23. The molecule has 5 heteroatoms. The smallest absolute Gasteiger partial charge is 0.242 e. The quantitative estimate of drug-likeness (QED) is 0.832. The van der Waals surface area contributed by atoms with E-state index in [-0.39, 0.29) is 10.3 Å². The molecule has 1 unspecified atom stereocenters. The number of nitrogens with one attached hydrogen (secondary N) is 1. The van der Waals surface area contributed by atoms with E-state index in [4.69, 9.17) is 5.73 Å². The third-order valence-electron chi connectivity index (χ3n) is 4.12. The van der Waals surface area contributed by atoms with Gasteiger partial charge in [0.2, 0.25) is 10.0 Å². The summed E-state index contributed by atoms with van der Waals surface area (Å²) in [5.41, 5.74) is 8.01. The summed E-state index contributed by atoms with van der Waals surface area (Å²) >= 11 is 0. The lowest BCUT2D eigenvalue weighted by atomic mass is 10.1. The molecule has 0 radical (unpaired) electrons. The van der Waals surface area contributed by atoms with Gasteiger partial charge in [0.05, 0.1) is 5.69 Å². The predicted molar refractivity (Wildman–Crippen MR) is 77.4 cm³/mol. The zero-order valence-corrected chi connectivity index (χ0v) is 12.8. The Bertz CT molecular complexity index is 606. The van der Waals surface area contributed by atoms with Gasteiger partial charge in [-0.25, -0.2) is 13.1 Å². The van der Waals surface area contributed by atoms with Gasteiger partial charge in [-0.15, -0.1) is 0 Å². The normalized spacial score (nSPS) is 21.4. The van der Waals surface area contributed by atoms with Crippen molar-refractivity contribution in [2.45, 2.75) is 39.0 Å². The molecule has 2 rings (SSSR count). The zero-order chi connectivity index (χ0) is 14.4. The van der Waals surface area contributed by atoms with E-state index in [2.05, 4.69) is 18.6 Å². The van der Waals surface area contributed by atoms with E-state index in [1.165, 1.54) is 0 Å². The van der Waals surface area contributed by atoms with E-state index in [9.17, 15) is 8.42 Å². The Morgan fingerprint density at radius 1 is 1.32 bits per heavy atom. The van der Waals surface area contributed by atoms with Gasteiger partial charge in [-0.1, -0.05) is 26.0 Å². The zero-order valence-electron chi connectivity index (χ0n) is 11.9. The Kier molecular flexibility index (Phi) is 3.39. The van der Waals surface area contributed by atoms with Crippen LogP contribution < -0.4 is 10.5 Å². The van der Waals surface area contributed by atoms with Gasteiger partial charge < -0.3 is 5.73 Å². The van der Waals surface area contributed by atoms with E-state index >= 15 is 0 Å². The Morgan fingerprint density at radius 2 is 1.84 bits per heavy atom. The fraction of sp³-hybridized carbons (Fsp3) is 0.571. The van der Waals surface area contributed by atoms with Crippen molar-refractivity contribution in [3.63, 3.8) is 0 Å². The van der Waals surface area contributed by atoms with Gasteiger partial charge in [-0.05, 0) is 42.7 Å². The van der Waals surface area contributed by atoms with Gasteiger partial charge in [0.25, 0.3) is 0 Å². The van der Waals surface area contributed by atoms with E-state index in [0.717, 1.165) is 12.0 Å². The van der Waals surface area contributed by atoms with Gasteiger partial charge in [0.1, 0.15) is 4.90 Å². The first kappa shape index (κ1) is 14.3. The van der Waals surface area contributed by atoms with Crippen LogP contribution in [0.1, 0.15) is 31.4 Å². The second-order valence-electron chi connectivity index (χ2n) is 6.18. The third kappa shape index (κ3) is 2.77. The highest BCUT2D eigenvalue weighted by molar-refractivity contribution is 7.89. The molecule has 1 atom stereocenters. The van der Waals surface area contributed by atoms with Crippen LogP contribution in [0.15, 0.2) is 17.0 Å². The molecule has 4 nitrogen and oxygen atoms in total. The summed E-state index contributed by atoms with van der Waals surface area (Å²) in [6, 6.07) is 3.63. The highest BCUT2D eigenvalue weighted by Gasteiger charge is 2.45. The first-order valence-corrected chi connectivity index (χ1v) is 7.99. The van der Waals surface area contributed by atoms with Crippen LogP contribution >= 0.6 is 0 Å². The summed E-state index contributed by atoms with van der Waals surface area (Å²) in [5, 5.41) is 0. The van der Waals surface area contributed by atoms with Crippen molar-refractivity contribution in [2.75, 3.05) is 12.3 Å². The number of rotatable bonds is 4. The SMILES string of the molecule is Cc1ccc(C)c(S(=O)(=O)NCC2CC2(C)C)c1N. The number of hydrogen-bond donors (Lipinski definition) is 2. The highest BCUT2D eigenvalue weighted by atomic mass is 32.2. The van der Waals surface area contributed by atoms with Crippen molar-refractivity contribution in [3.05, 3.63) is 23.3 Å². The number of anilines is 1. The minimum absolute atomic E-state index is 0.228. The van der Waals surface area contributed by atoms with Gasteiger partial charge in [0, 0.05) is 6.54 Å². The Labute approximate surface area is 115 Å². The van der Waals surface area contributed by atoms with Crippen LogP contribution in [0, 0.1) is 25.2 Å². The van der Waals surface area contributed by atoms with Gasteiger partial charge >= 0.3 is 0 Å². The minimum Gasteiger partial charge on any atom is -0.397 e. The highest BCUT2D eigenvalue weighted by Crippen LogP contribution is 2.51. The van der Waals surface area contributed by atoms with Crippen molar-refractivity contribution in [3.8, 4) is 0 Å². The molecular formula is C14H22N2O2S. The lowest BCUT2D eigenvalue weighted by molar-refractivity contribution is 0.537. The summed E-state index contributed by atoms with van der Waals surface area (Å²) in [6.07, 6.45) is 1.07. The molecule has 3 N–H and O–H groups in total. The standard InChI is InChI=1S/C14H22N2O2S/c1-9-5-6-10(2)13(12(9)15)19(17,18)16-8-11-7-14(11,3)4/h5-6,11,16H,7-8,15H2,1-4H3. The maximum atomic E-state index is 12.4. The average Bonchev–Trinajstić information content (AvgIpc) is 2.90. The molecule has 0 aromatic heterocycles.